The van der Waals surface area contributed by atoms with Gasteiger partial charge >= 0.3 is 0 Å². The van der Waals surface area contributed by atoms with E-state index in [9.17, 15) is 9.90 Å². The molecule has 0 spiro atoms. The lowest BCUT2D eigenvalue weighted by atomic mass is 10.1. The van der Waals surface area contributed by atoms with Gasteiger partial charge in [0.2, 0.25) is 0 Å². The van der Waals surface area contributed by atoms with E-state index in [2.05, 4.69) is 21.0 Å². The maximum absolute atomic E-state index is 9.34. The number of aliphatic hydroxyl groups excluding tert-OH is 1. The summed E-state index contributed by atoms with van der Waals surface area (Å²) in [6, 6.07) is 0. The molecule has 0 radical (unpaired) electrons. The highest BCUT2D eigenvalue weighted by molar-refractivity contribution is 5.68. The molecule has 17 heavy (non-hydrogen) atoms. The zero-order valence-corrected chi connectivity index (χ0v) is 11.8. The van der Waals surface area contributed by atoms with Crippen LogP contribution < -0.4 is 10.0 Å². The van der Waals surface area contributed by atoms with E-state index in [1.165, 1.54) is 45.1 Å². The van der Waals surface area contributed by atoms with Crippen molar-refractivity contribution in [1.29, 1.82) is 0 Å². The number of carboxylic acids is 1. The number of carboxylic acid groups (broad SMARTS) is 1. The van der Waals surface area contributed by atoms with Gasteiger partial charge in [0.15, 0.2) is 0 Å². The quantitative estimate of drug-likeness (QED) is 0.574. The Morgan fingerprint density at radius 1 is 1.18 bits per heavy atom. The van der Waals surface area contributed by atoms with E-state index in [1.54, 1.807) is 4.90 Å². The van der Waals surface area contributed by atoms with Crippen LogP contribution in [0.3, 0.4) is 0 Å². The van der Waals surface area contributed by atoms with Crippen molar-refractivity contribution >= 4 is 5.97 Å². The van der Waals surface area contributed by atoms with Gasteiger partial charge < -0.3 is 19.9 Å². The Hall–Kier alpha value is -0.610. The zero-order valence-electron chi connectivity index (χ0n) is 11.8. The van der Waals surface area contributed by atoms with Gasteiger partial charge in [-0.05, 0) is 19.8 Å². The molecule has 0 saturated carbocycles. The first-order valence-corrected chi connectivity index (χ1v) is 6.59. The summed E-state index contributed by atoms with van der Waals surface area (Å²) in [6.45, 7) is 4.74. The van der Waals surface area contributed by atoms with E-state index in [1.807, 2.05) is 0 Å². The third-order valence-corrected chi connectivity index (χ3v) is 2.37. The van der Waals surface area contributed by atoms with E-state index in [-0.39, 0.29) is 0 Å². The van der Waals surface area contributed by atoms with E-state index >= 15 is 0 Å². The molecule has 0 amide bonds. The fourth-order valence-corrected chi connectivity index (χ4v) is 1.26. The Morgan fingerprint density at radius 2 is 1.59 bits per heavy atom. The predicted molar refractivity (Wildman–Crippen MR) is 67.7 cm³/mol. The Bertz CT molecular complexity index is 170. The van der Waals surface area contributed by atoms with Crippen LogP contribution in [0.1, 0.15) is 52.4 Å². The molecular weight excluding hydrogens is 218 g/mol. The highest BCUT2D eigenvalue weighted by atomic mass is 16.4. The van der Waals surface area contributed by atoms with Crippen LogP contribution in [-0.2, 0) is 4.79 Å². The summed E-state index contributed by atoms with van der Waals surface area (Å²) in [6.07, 6.45) is 7.18. The molecule has 0 aromatic heterocycles. The predicted octanol–water partition coefficient (Wildman–Crippen LogP) is -0.391. The summed E-state index contributed by atoms with van der Waals surface area (Å²) in [5.41, 5.74) is 0. The number of hydrogen-bond acceptors (Lipinski definition) is 3. The molecule has 1 atom stereocenters. The summed E-state index contributed by atoms with van der Waals surface area (Å²) in [7, 11) is 4.46. The topological polar surface area (TPSA) is 64.8 Å². The largest absolute Gasteiger partial charge is 0.547 e. The van der Waals surface area contributed by atoms with Gasteiger partial charge in [0.1, 0.15) is 0 Å². The first-order valence-electron chi connectivity index (χ1n) is 6.59. The minimum absolute atomic E-state index is 1.13. The van der Waals surface area contributed by atoms with Crippen molar-refractivity contribution in [1.82, 2.24) is 0 Å². The van der Waals surface area contributed by atoms with Gasteiger partial charge in [-0.3, -0.25) is 0 Å². The average molecular weight is 247 g/mol. The molecule has 0 aromatic rings. The molecule has 0 saturated heterocycles. The number of rotatable bonds is 8. The summed E-state index contributed by atoms with van der Waals surface area (Å²) < 4.78 is 0. The number of carbonyl (C=O) groups is 1. The van der Waals surface area contributed by atoms with Gasteiger partial charge in [-0.25, -0.2) is 0 Å². The van der Waals surface area contributed by atoms with Gasteiger partial charge in [0.25, 0.3) is 0 Å². The molecule has 0 heterocycles. The van der Waals surface area contributed by atoms with Crippen LogP contribution in [0.5, 0.6) is 0 Å². The van der Waals surface area contributed by atoms with Gasteiger partial charge in [-0.1, -0.05) is 32.6 Å². The standard InChI is InChI=1S/C10H23N.C3H6O3/c1-4-5-6-7-8-9-10-11(2)3;1-2(4)3(5)6/h4-10H2,1-3H3;2,4H,1H3,(H,5,6). The monoisotopic (exact) mass is 247 g/mol. The van der Waals surface area contributed by atoms with Gasteiger partial charge in [-0.15, -0.1) is 0 Å². The van der Waals surface area contributed by atoms with Crippen molar-refractivity contribution in [3.8, 4) is 0 Å². The molecule has 2 N–H and O–H groups in total. The van der Waals surface area contributed by atoms with Gasteiger partial charge in [0, 0.05) is 0 Å². The number of aliphatic carboxylic acids is 1. The van der Waals surface area contributed by atoms with Crippen LogP contribution in [-0.4, -0.2) is 37.8 Å². The van der Waals surface area contributed by atoms with E-state index < -0.39 is 12.1 Å². The van der Waals surface area contributed by atoms with Crippen LogP contribution in [0.15, 0.2) is 0 Å². The Kier molecular flexibility index (Phi) is 14.8. The Labute approximate surface area is 106 Å². The maximum atomic E-state index is 9.34. The lowest BCUT2D eigenvalue weighted by Crippen LogP contribution is -3.05. The molecule has 0 aliphatic heterocycles. The number of aliphatic hydroxyl groups is 1. The average Bonchev–Trinajstić information content (AvgIpc) is 2.23. The molecule has 4 nitrogen and oxygen atoms in total. The van der Waals surface area contributed by atoms with Gasteiger partial charge in [0.05, 0.1) is 32.7 Å². The summed E-state index contributed by atoms with van der Waals surface area (Å²) in [5, 5.41) is 17.3. The number of carbonyl (C=O) groups excluding carboxylic acids is 1. The second-order valence-corrected chi connectivity index (χ2v) is 4.72. The molecule has 0 bridgehead atoms. The van der Waals surface area contributed by atoms with Crippen LogP contribution in [0, 0.1) is 0 Å². The van der Waals surface area contributed by atoms with Crippen LogP contribution in [0.25, 0.3) is 0 Å². The summed E-state index contributed by atoms with van der Waals surface area (Å²) in [5.74, 6) is -1.44. The smallest absolute Gasteiger partial charge is 0.0905 e. The molecule has 104 valence electrons. The fourth-order valence-electron chi connectivity index (χ4n) is 1.26. The molecule has 4 heteroatoms. The minimum atomic E-state index is -1.44. The molecule has 0 rings (SSSR count). The molecule has 0 aromatic carbocycles. The maximum Gasteiger partial charge on any atom is 0.0905 e. The van der Waals surface area contributed by atoms with Crippen LogP contribution in [0.4, 0.5) is 0 Å². The summed E-state index contributed by atoms with van der Waals surface area (Å²) >= 11 is 0. The van der Waals surface area contributed by atoms with Crippen molar-refractivity contribution in [2.24, 2.45) is 0 Å². The van der Waals surface area contributed by atoms with Crippen molar-refractivity contribution in [3.05, 3.63) is 0 Å². The van der Waals surface area contributed by atoms with Crippen LogP contribution >= 0.6 is 0 Å². The Balaban J connectivity index is 0. The third-order valence-electron chi connectivity index (χ3n) is 2.37. The SMILES string of the molecule is CC(O)C(=O)[O-].CCCCCCCC[NH+](C)C. The molecule has 0 fully saturated rings. The zero-order chi connectivity index (χ0) is 13.7. The van der Waals surface area contributed by atoms with Crippen molar-refractivity contribution < 1.29 is 19.9 Å². The second kappa shape index (κ2) is 13.5. The molecular formula is C13H29NO3. The minimum Gasteiger partial charge on any atom is -0.547 e. The van der Waals surface area contributed by atoms with Crippen molar-refractivity contribution in [2.75, 3.05) is 20.6 Å². The normalized spacial score (nSPS) is 11.9. The van der Waals surface area contributed by atoms with Crippen molar-refractivity contribution in [3.63, 3.8) is 0 Å². The highest BCUT2D eigenvalue weighted by Gasteiger charge is 1.93. The van der Waals surface area contributed by atoms with Crippen LogP contribution in [0.2, 0.25) is 0 Å². The number of quaternary nitrogens is 1. The lowest BCUT2D eigenvalue weighted by molar-refractivity contribution is -0.858. The Morgan fingerprint density at radius 3 is 1.94 bits per heavy atom. The first kappa shape index (κ1) is 18.7. The molecule has 0 aliphatic carbocycles. The van der Waals surface area contributed by atoms with E-state index in [0.29, 0.717) is 0 Å². The lowest BCUT2D eigenvalue weighted by Gasteiger charge is -2.05. The molecule has 0 aliphatic rings. The van der Waals surface area contributed by atoms with E-state index in [0.717, 1.165) is 6.92 Å². The number of nitrogens with one attached hydrogen (secondary N) is 1. The second-order valence-electron chi connectivity index (χ2n) is 4.72. The summed E-state index contributed by atoms with van der Waals surface area (Å²) in [4.78, 5) is 10.9. The van der Waals surface area contributed by atoms with Crippen molar-refractivity contribution in [2.45, 2.75) is 58.5 Å². The number of unbranched alkanes of at least 4 members (excludes halogenated alkanes) is 5. The first-order chi connectivity index (χ1) is 7.91. The fraction of sp³-hybridized carbons (Fsp3) is 0.923. The molecule has 1 unspecified atom stereocenters. The number of hydrogen-bond donors (Lipinski definition) is 2. The highest BCUT2D eigenvalue weighted by Crippen LogP contribution is 2.03. The third kappa shape index (κ3) is 21.3. The van der Waals surface area contributed by atoms with Gasteiger partial charge in [-0.2, -0.15) is 0 Å². The van der Waals surface area contributed by atoms with E-state index in [4.69, 9.17) is 5.11 Å².